The number of rotatable bonds is 5. The summed E-state index contributed by atoms with van der Waals surface area (Å²) in [7, 11) is -3.66. The van der Waals surface area contributed by atoms with Crippen LogP contribution in [0.3, 0.4) is 0 Å². The number of nitrogens with zero attached hydrogens (tertiary/aromatic N) is 2. The van der Waals surface area contributed by atoms with Gasteiger partial charge in [0.2, 0.25) is 15.9 Å². The molecule has 0 atom stereocenters. The standard InChI is InChI=1S/C16H19N3O4S/c1-12-15(23-11-17-12)10-18-24(21,22)14-7-5-13(6-8-14)19-9-3-2-4-16(19)20/h5-8,11,18H,2-4,9-10H2,1H3. The molecular weight excluding hydrogens is 330 g/mol. The van der Waals surface area contributed by atoms with Crippen LogP contribution in [0.15, 0.2) is 40.0 Å². The zero-order valence-electron chi connectivity index (χ0n) is 13.4. The first kappa shape index (κ1) is 16.7. The summed E-state index contributed by atoms with van der Waals surface area (Å²) in [5, 5.41) is 0. The molecule has 0 saturated carbocycles. The maximum absolute atomic E-state index is 12.3. The number of aryl methyl sites for hydroxylation is 1. The highest BCUT2D eigenvalue weighted by atomic mass is 32.2. The van der Waals surface area contributed by atoms with E-state index in [4.69, 9.17) is 4.42 Å². The number of hydrogen-bond donors (Lipinski definition) is 1. The van der Waals surface area contributed by atoms with E-state index in [1.54, 1.807) is 24.0 Å². The van der Waals surface area contributed by atoms with Crippen LogP contribution < -0.4 is 9.62 Å². The van der Waals surface area contributed by atoms with E-state index in [1.165, 1.54) is 18.5 Å². The smallest absolute Gasteiger partial charge is 0.240 e. The van der Waals surface area contributed by atoms with E-state index in [2.05, 4.69) is 9.71 Å². The van der Waals surface area contributed by atoms with E-state index < -0.39 is 10.0 Å². The summed E-state index contributed by atoms with van der Waals surface area (Å²) in [6.45, 7) is 2.46. The molecule has 0 unspecified atom stereocenters. The number of piperidine rings is 1. The summed E-state index contributed by atoms with van der Waals surface area (Å²) in [5.41, 5.74) is 1.38. The van der Waals surface area contributed by atoms with Gasteiger partial charge >= 0.3 is 0 Å². The van der Waals surface area contributed by atoms with Crippen LogP contribution >= 0.6 is 0 Å². The fourth-order valence-electron chi connectivity index (χ4n) is 2.62. The van der Waals surface area contributed by atoms with Crippen molar-refractivity contribution in [3.05, 3.63) is 42.1 Å². The largest absolute Gasteiger partial charge is 0.447 e. The van der Waals surface area contributed by atoms with E-state index in [1.807, 2.05) is 0 Å². The SMILES string of the molecule is Cc1ncoc1CNS(=O)(=O)c1ccc(N2CCCCC2=O)cc1. The molecule has 0 radical (unpaired) electrons. The number of oxazole rings is 1. The van der Waals surface area contributed by atoms with Crippen molar-refractivity contribution in [1.82, 2.24) is 9.71 Å². The molecule has 1 aromatic carbocycles. The molecular formula is C16H19N3O4S. The Balaban J connectivity index is 1.72. The molecule has 8 heteroatoms. The summed E-state index contributed by atoms with van der Waals surface area (Å²) in [4.78, 5) is 17.7. The highest BCUT2D eigenvalue weighted by Crippen LogP contribution is 2.22. The fourth-order valence-corrected chi connectivity index (χ4v) is 3.61. The van der Waals surface area contributed by atoms with Gasteiger partial charge in [0.25, 0.3) is 0 Å². The Morgan fingerprint density at radius 2 is 2.00 bits per heavy atom. The van der Waals surface area contributed by atoms with Crippen LogP contribution in [0.1, 0.15) is 30.7 Å². The van der Waals surface area contributed by atoms with Gasteiger partial charge in [-0.15, -0.1) is 0 Å². The van der Waals surface area contributed by atoms with Gasteiger partial charge in [0.1, 0.15) is 5.76 Å². The molecule has 2 heterocycles. The molecule has 0 bridgehead atoms. The molecule has 1 aromatic heterocycles. The van der Waals surface area contributed by atoms with Crippen molar-refractivity contribution in [2.24, 2.45) is 0 Å². The van der Waals surface area contributed by atoms with E-state index in [0.29, 0.717) is 24.4 Å². The number of carbonyl (C=O) groups excluding carboxylic acids is 1. The van der Waals surface area contributed by atoms with E-state index in [0.717, 1.165) is 18.5 Å². The summed E-state index contributed by atoms with van der Waals surface area (Å²) in [6.07, 6.45) is 3.69. The Kier molecular flexibility index (Phi) is 4.68. The highest BCUT2D eigenvalue weighted by Gasteiger charge is 2.21. The number of benzene rings is 1. The van der Waals surface area contributed by atoms with Crippen LogP contribution in [-0.4, -0.2) is 25.9 Å². The number of carbonyl (C=O) groups is 1. The van der Waals surface area contributed by atoms with Crippen LogP contribution in [0.2, 0.25) is 0 Å². The van der Waals surface area contributed by atoms with Gasteiger partial charge in [0, 0.05) is 18.7 Å². The second-order valence-corrected chi connectivity index (χ2v) is 7.45. The lowest BCUT2D eigenvalue weighted by atomic mass is 10.1. The van der Waals surface area contributed by atoms with Crippen molar-refractivity contribution in [3.8, 4) is 0 Å². The van der Waals surface area contributed by atoms with Crippen molar-refractivity contribution in [1.29, 1.82) is 0 Å². The Morgan fingerprint density at radius 1 is 1.25 bits per heavy atom. The zero-order chi connectivity index (χ0) is 17.2. The first-order valence-corrected chi connectivity index (χ1v) is 9.25. The molecule has 7 nitrogen and oxygen atoms in total. The predicted octanol–water partition coefficient (Wildman–Crippen LogP) is 1.98. The zero-order valence-corrected chi connectivity index (χ0v) is 14.2. The van der Waals surface area contributed by atoms with Gasteiger partial charge in [0.05, 0.1) is 17.1 Å². The molecule has 0 spiro atoms. The number of amides is 1. The summed E-state index contributed by atoms with van der Waals surface area (Å²) >= 11 is 0. The average molecular weight is 349 g/mol. The van der Waals surface area contributed by atoms with Gasteiger partial charge in [-0.3, -0.25) is 4.79 Å². The van der Waals surface area contributed by atoms with Crippen LogP contribution in [-0.2, 0) is 21.4 Å². The first-order chi connectivity index (χ1) is 11.5. The van der Waals surface area contributed by atoms with Crippen molar-refractivity contribution in [3.63, 3.8) is 0 Å². The first-order valence-electron chi connectivity index (χ1n) is 7.76. The van der Waals surface area contributed by atoms with E-state index in [-0.39, 0.29) is 17.3 Å². The fraction of sp³-hybridized carbons (Fsp3) is 0.375. The molecule has 3 rings (SSSR count). The Hall–Kier alpha value is -2.19. The predicted molar refractivity (Wildman–Crippen MR) is 87.9 cm³/mol. The molecule has 0 aliphatic carbocycles. The molecule has 1 aliphatic heterocycles. The van der Waals surface area contributed by atoms with Gasteiger partial charge in [-0.05, 0) is 44.0 Å². The molecule has 128 valence electrons. The van der Waals surface area contributed by atoms with Crippen molar-refractivity contribution < 1.29 is 17.6 Å². The van der Waals surface area contributed by atoms with Gasteiger partial charge in [-0.2, -0.15) is 0 Å². The number of nitrogens with one attached hydrogen (secondary N) is 1. The molecule has 1 amide bonds. The van der Waals surface area contributed by atoms with E-state index in [9.17, 15) is 13.2 Å². The number of anilines is 1. The summed E-state index contributed by atoms with van der Waals surface area (Å²) < 4.78 is 32.3. The Morgan fingerprint density at radius 3 is 2.62 bits per heavy atom. The summed E-state index contributed by atoms with van der Waals surface area (Å²) in [6, 6.07) is 6.34. The molecule has 1 fully saturated rings. The molecule has 1 aliphatic rings. The second kappa shape index (κ2) is 6.74. The van der Waals surface area contributed by atoms with Crippen molar-refractivity contribution >= 4 is 21.6 Å². The number of sulfonamides is 1. The van der Waals surface area contributed by atoms with Crippen LogP contribution in [0.5, 0.6) is 0 Å². The maximum Gasteiger partial charge on any atom is 0.240 e. The van der Waals surface area contributed by atoms with Crippen LogP contribution in [0.4, 0.5) is 5.69 Å². The van der Waals surface area contributed by atoms with Gasteiger partial charge in [-0.25, -0.2) is 18.1 Å². The minimum atomic E-state index is -3.66. The molecule has 2 aromatic rings. The van der Waals surface area contributed by atoms with E-state index >= 15 is 0 Å². The second-order valence-electron chi connectivity index (χ2n) is 5.68. The molecule has 1 saturated heterocycles. The lowest BCUT2D eigenvalue weighted by Gasteiger charge is -2.26. The summed E-state index contributed by atoms with van der Waals surface area (Å²) in [5.74, 6) is 0.560. The minimum absolute atomic E-state index is 0.0422. The van der Waals surface area contributed by atoms with Gasteiger partial charge in [-0.1, -0.05) is 0 Å². The van der Waals surface area contributed by atoms with Gasteiger partial charge in [0.15, 0.2) is 6.39 Å². The topological polar surface area (TPSA) is 92.5 Å². The van der Waals surface area contributed by atoms with Crippen molar-refractivity contribution in [2.45, 2.75) is 37.6 Å². The quantitative estimate of drug-likeness (QED) is 0.891. The third-order valence-electron chi connectivity index (χ3n) is 4.05. The molecule has 1 N–H and O–H groups in total. The molecule has 24 heavy (non-hydrogen) atoms. The highest BCUT2D eigenvalue weighted by molar-refractivity contribution is 7.89. The van der Waals surface area contributed by atoms with Crippen LogP contribution in [0.25, 0.3) is 0 Å². The minimum Gasteiger partial charge on any atom is -0.447 e. The number of aromatic nitrogens is 1. The lowest BCUT2D eigenvalue weighted by Crippen LogP contribution is -2.35. The number of hydrogen-bond acceptors (Lipinski definition) is 5. The third kappa shape index (κ3) is 3.49. The van der Waals surface area contributed by atoms with Crippen LogP contribution in [0, 0.1) is 6.92 Å². The average Bonchev–Trinajstić information content (AvgIpc) is 2.99. The monoisotopic (exact) mass is 349 g/mol. The van der Waals surface area contributed by atoms with Crippen molar-refractivity contribution in [2.75, 3.05) is 11.4 Å². The lowest BCUT2D eigenvalue weighted by molar-refractivity contribution is -0.119. The normalized spacial score (nSPS) is 15.7. The maximum atomic E-state index is 12.3. The third-order valence-corrected chi connectivity index (χ3v) is 5.47. The van der Waals surface area contributed by atoms with Gasteiger partial charge < -0.3 is 9.32 Å². The Labute approximate surface area is 140 Å². The Bertz CT molecular complexity index is 827.